The molecule has 334 valence electrons. The monoisotopic (exact) mass is 912 g/mol. The van der Waals surface area contributed by atoms with Gasteiger partial charge in [-0.15, -0.1) is 0 Å². The zero-order valence-electron chi connectivity index (χ0n) is 39.8. The maximum Gasteiger partial charge on any atom is 0.143 e. The highest BCUT2D eigenvalue weighted by molar-refractivity contribution is 6.21. The van der Waals surface area contributed by atoms with Crippen molar-refractivity contribution in [2.24, 2.45) is 0 Å². The topological polar surface area (TPSA) is 13.1 Å². The maximum atomic E-state index is 6.82. The lowest BCUT2D eigenvalue weighted by molar-refractivity contribution is 0.660. The summed E-state index contributed by atoms with van der Waals surface area (Å²) < 4.78 is 6.82. The minimum Gasteiger partial charge on any atom is -0.455 e. The van der Waals surface area contributed by atoms with E-state index in [-0.39, 0.29) is 5.41 Å². The van der Waals surface area contributed by atoms with Crippen molar-refractivity contribution in [3.63, 3.8) is 0 Å². The fraction of sp³-hybridized carbons (Fsp3) is 0.0423. The Labute approximate surface area is 417 Å². The van der Waals surface area contributed by atoms with Crippen LogP contribution in [0, 0.1) is 0 Å². The predicted molar refractivity (Wildman–Crippen MR) is 302 cm³/mol. The zero-order chi connectivity index (χ0) is 47.4. The Kier molecular flexibility index (Phi) is 8.02. The van der Waals surface area contributed by atoms with Gasteiger partial charge in [0.25, 0.3) is 0 Å². The van der Waals surface area contributed by atoms with Crippen LogP contribution >= 0.6 is 0 Å². The second kappa shape index (κ2) is 14.5. The number of furan rings is 1. The Morgan fingerprint density at radius 1 is 0.250 bits per heavy atom. The summed E-state index contributed by atoms with van der Waals surface area (Å²) in [4.78, 5) is 0. The van der Waals surface area contributed by atoms with Crippen LogP contribution in [-0.4, -0.2) is 0 Å². The van der Waals surface area contributed by atoms with Crippen LogP contribution in [-0.2, 0) is 5.41 Å². The molecular weight excluding hydrogens is 869 g/mol. The molecule has 0 saturated carbocycles. The van der Waals surface area contributed by atoms with Crippen molar-refractivity contribution in [1.82, 2.24) is 0 Å². The standard InChI is InChI=1S/C71H44O/c1-71(2)65-25-7-5-19-53(65)54-30-27-43(40-66(54)71)41-13-9-15-44(35-41)48-32-34-61-52-29-28-46(37-63(52)59-24-12-22-57(48)69(59)61)62-38-47(39-64-55-20-6-8-26-67(55)72-70(62)64)42-14-10-16-45(36-42)49-31-33-60-51-18-4-3-17-50(51)58-23-11-21-56(49)68(58)60/h3-40H,1-2H3. The van der Waals surface area contributed by atoms with E-state index in [0.29, 0.717) is 0 Å². The van der Waals surface area contributed by atoms with Gasteiger partial charge in [0, 0.05) is 21.8 Å². The quantitative estimate of drug-likeness (QED) is 0.168. The van der Waals surface area contributed by atoms with Crippen molar-refractivity contribution in [2.75, 3.05) is 0 Å². The molecule has 0 bridgehead atoms. The molecule has 13 aromatic rings. The third kappa shape index (κ3) is 5.48. The summed E-state index contributed by atoms with van der Waals surface area (Å²) >= 11 is 0. The highest BCUT2D eigenvalue weighted by Crippen LogP contribution is 2.54. The Balaban J connectivity index is 0.800. The molecule has 3 aliphatic carbocycles. The van der Waals surface area contributed by atoms with Crippen LogP contribution in [0.2, 0.25) is 0 Å². The fourth-order valence-corrected chi connectivity index (χ4v) is 13.2. The molecule has 0 saturated heterocycles. The van der Waals surface area contributed by atoms with Crippen molar-refractivity contribution in [2.45, 2.75) is 19.3 Å². The summed E-state index contributed by atoms with van der Waals surface area (Å²) in [5.74, 6) is 0. The highest BCUT2D eigenvalue weighted by Gasteiger charge is 2.35. The molecule has 1 heteroatoms. The van der Waals surface area contributed by atoms with E-state index in [1.165, 1.54) is 127 Å². The summed E-state index contributed by atoms with van der Waals surface area (Å²) in [6.07, 6.45) is 0. The average molecular weight is 913 g/mol. The van der Waals surface area contributed by atoms with Gasteiger partial charge in [-0.2, -0.15) is 0 Å². The molecule has 1 nitrogen and oxygen atoms in total. The summed E-state index contributed by atoms with van der Waals surface area (Å²) in [6, 6.07) is 86.1. The van der Waals surface area contributed by atoms with Gasteiger partial charge in [-0.25, -0.2) is 0 Å². The molecule has 72 heavy (non-hydrogen) atoms. The molecule has 0 N–H and O–H groups in total. The van der Waals surface area contributed by atoms with Gasteiger partial charge in [0.05, 0.1) is 0 Å². The third-order valence-electron chi connectivity index (χ3n) is 16.6. The number of rotatable bonds is 5. The van der Waals surface area contributed by atoms with Crippen LogP contribution in [0.5, 0.6) is 0 Å². The van der Waals surface area contributed by atoms with Gasteiger partial charge in [0.15, 0.2) is 0 Å². The lowest BCUT2D eigenvalue weighted by Gasteiger charge is -2.22. The Bertz CT molecular complexity index is 4510. The summed E-state index contributed by atoms with van der Waals surface area (Å²) in [6.45, 7) is 4.72. The molecule has 0 aliphatic heterocycles. The summed E-state index contributed by atoms with van der Waals surface area (Å²) in [5.41, 5.74) is 29.6. The molecule has 3 aliphatic rings. The minimum absolute atomic E-state index is 0.0486. The Morgan fingerprint density at radius 2 is 0.694 bits per heavy atom. The first-order valence-corrected chi connectivity index (χ1v) is 25.2. The number of hydrogen-bond donors (Lipinski definition) is 0. The van der Waals surface area contributed by atoms with Crippen LogP contribution in [0.25, 0.3) is 155 Å². The molecule has 0 fully saturated rings. The van der Waals surface area contributed by atoms with Crippen molar-refractivity contribution in [3.05, 3.63) is 242 Å². The number of hydrogen-bond acceptors (Lipinski definition) is 1. The smallest absolute Gasteiger partial charge is 0.143 e. The van der Waals surface area contributed by atoms with Gasteiger partial charge in [-0.3, -0.25) is 0 Å². The van der Waals surface area contributed by atoms with E-state index in [2.05, 4.69) is 244 Å². The molecule has 1 aromatic heterocycles. The first-order chi connectivity index (χ1) is 35.4. The fourth-order valence-electron chi connectivity index (χ4n) is 13.2. The van der Waals surface area contributed by atoms with E-state index >= 15 is 0 Å². The number of fused-ring (bicyclic) bond motifs is 12. The highest BCUT2D eigenvalue weighted by atomic mass is 16.3. The second-order valence-electron chi connectivity index (χ2n) is 20.7. The van der Waals surface area contributed by atoms with Gasteiger partial charge in [-0.05, 0) is 181 Å². The molecule has 0 atom stereocenters. The molecule has 0 amide bonds. The third-order valence-corrected chi connectivity index (χ3v) is 16.6. The van der Waals surface area contributed by atoms with E-state index in [9.17, 15) is 0 Å². The molecule has 16 rings (SSSR count). The molecule has 12 aromatic carbocycles. The Hall–Kier alpha value is -9.04. The lowest BCUT2D eigenvalue weighted by atomic mass is 9.81. The van der Waals surface area contributed by atoms with Crippen molar-refractivity contribution >= 4 is 43.5 Å². The van der Waals surface area contributed by atoms with Gasteiger partial charge < -0.3 is 4.42 Å². The number of para-hydroxylation sites is 1. The average Bonchev–Trinajstić information content (AvgIpc) is 4.15. The lowest BCUT2D eigenvalue weighted by Crippen LogP contribution is -2.14. The molecule has 1 heterocycles. The van der Waals surface area contributed by atoms with E-state index in [0.717, 1.165) is 38.6 Å². The van der Waals surface area contributed by atoms with Gasteiger partial charge >= 0.3 is 0 Å². The van der Waals surface area contributed by atoms with Crippen molar-refractivity contribution in [1.29, 1.82) is 0 Å². The van der Waals surface area contributed by atoms with Crippen LogP contribution < -0.4 is 0 Å². The van der Waals surface area contributed by atoms with Crippen LogP contribution in [0.3, 0.4) is 0 Å². The van der Waals surface area contributed by atoms with E-state index < -0.39 is 0 Å². The predicted octanol–water partition coefficient (Wildman–Crippen LogP) is 19.8. The Morgan fingerprint density at radius 3 is 1.42 bits per heavy atom. The first-order valence-electron chi connectivity index (χ1n) is 25.2. The molecule has 0 radical (unpaired) electrons. The largest absolute Gasteiger partial charge is 0.455 e. The second-order valence-corrected chi connectivity index (χ2v) is 20.7. The minimum atomic E-state index is -0.0486. The number of benzene rings is 12. The van der Waals surface area contributed by atoms with E-state index in [4.69, 9.17) is 4.42 Å². The molecular formula is C71H44O. The normalized spacial score (nSPS) is 13.2. The molecule has 0 unspecified atom stereocenters. The summed E-state index contributed by atoms with van der Waals surface area (Å²) in [5, 5.41) is 7.47. The molecule has 0 spiro atoms. The van der Waals surface area contributed by atoms with Gasteiger partial charge in [0.2, 0.25) is 0 Å². The van der Waals surface area contributed by atoms with Crippen molar-refractivity contribution in [3.8, 4) is 111 Å². The maximum absolute atomic E-state index is 6.82. The van der Waals surface area contributed by atoms with Crippen LogP contribution in [0.4, 0.5) is 0 Å². The summed E-state index contributed by atoms with van der Waals surface area (Å²) in [7, 11) is 0. The SMILES string of the molecule is CC1(C)c2ccccc2-c2ccc(-c3cccc(-c4ccc5c6c(cccc46)-c4cc(-c6cc(-c7cccc(-c8ccc9c%10c(cccc8%10)-c8ccccc8-9)c7)cc7c6oc6ccccc67)ccc4-5)c3)cc21. The van der Waals surface area contributed by atoms with E-state index in [1.807, 2.05) is 0 Å². The van der Waals surface area contributed by atoms with Gasteiger partial charge in [-0.1, -0.05) is 202 Å². The van der Waals surface area contributed by atoms with Crippen LogP contribution in [0.1, 0.15) is 25.0 Å². The van der Waals surface area contributed by atoms with E-state index in [1.54, 1.807) is 0 Å². The first kappa shape index (κ1) is 39.8. The zero-order valence-corrected chi connectivity index (χ0v) is 39.8. The van der Waals surface area contributed by atoms with Crippen molar-refractivity contribution < 1.29 is 4.42 Å². The van der Waals surface area contributed by atoms with Crippen LogP contribution in [0.15, 0.2) is 235 Å². The van der Waals surface area contributed by atoms with Gasteiger partial charge in [0.1, 0.15) is 11.2 Å².